The highest BCUT2D eigenvalue weighted by molar-refractivity contribution is 7.91. The maximum atomic E-state index is 13.4. The Kier molecular flexibility index (Phi) is 5.25. The molecule has 168 valence electrons. The first kappa shape index (κ1) is 21.3. The number of fused-ring (bicyclic) bond motifs is 3. The summed E-state index contributed by atoms with van der Waals surface area (Å²) >= 11 is 0. The maximum Gasteiger partial charge on any atom is 0.326 e. The Morgan fingerprint density at radius 1 is 1.09 bits per heavy atom. The van der Waals surface area contributed by atoms with Crippen LogP contribution < -0.4 is 0 Å². The number of sulfone groups is 1. The lowest BCUT2D eigenvalue weighted by Gasteiger charge is -2.24. The fourth-order valence-corrected chi connectivity index (χ4v) is 6.15. The van der Waals surface area contributed by atoms with E-state index in [1.807, 2.05) is 28.8 Å². The van der Waals surface area contributed by atoms with Crippen LogP contribution in [-0.4, -0.2) is 29.0 Å². The van der Waals surface area contributed by atoms with Gasteiger partial charge in [0.2, 0.25) is 9.84 Å². The topological polar surface area (TPSA) is 89.3 Å². The lowest BCUT2D eigenvalue weighted by molar-refractivity contribution is -0.141. The molecule has 2 aromatic heterocycles. The van der Waals surface area contributed by atoms with Gasteiger partial charge in [0.1, 0.15) is 11.9 Å². The minimum absolute atomic E-state index is 0.0291. The Labute approximate surface area is 190 Å². The van der Waals surface area contributed by atoms with E-state index in [0.717, 1.165) is 40.7 Å². The smallest absolute Gasteiger partial charge is 0.326 e. The largest absolute Gasteiger partial charge is 0.480 e. The van der Waals surface area contributed by atoms with E-state index in [2.05, 4.69) is 4.98 Å². The van der Waals surface area contributed by atoms with Gasteiger partial charge in [-0.3, -0.25) is 0 Å². The third-order valence-corrected chi connectivity index (χ3v) is 7.98. The van der Waals surface area contributed by atoms with Crippen LogP contribution in [0.25, 0.3) is 10.9 Å². The number of benzene rings is 2. The van der Waals surface area contributed by atoms with E-state index in [1.165, 1.54) is 18.3 Å². The van der Waals surface area contributed by atoms with E-state index in [-0.39, 0.29) is 9.92 Å². The van der Waals surface area contributed by atoms with Gasteiger partial charge < -0.3 is 9.67 Å². The van der Waals surface area contributed by atoms with E-state index in [1.54, 1.807) is 12.1 Å². The molecule has 1 aliphatic heterocycles. The molecule has 1 aliphatic rings. The highest BCUT2D eigenvalue weighted by atomic mass is 32.2. The minimum atomic E-state index is -3.97. The summed E-state index contributed by atoms with van der Waals surface area (Å²) in [7, 11) is -3.97. The normalized spacial score (nSPS) is 16.0. The summed E-state index contributed by atoms with van der Waals surface area (Å²) in [5.74, 6) is -1.39. The molecule has 1 atom stereocenters. The average molecular weight is 465 g/mol. The van der Waals surface area contributed by atoms with Crippen LogP contribution in [0.2, 0.25) is 0 Å². The Morgan fingerprint density at radius 2 is 1.85 bits per heavy atom. The van der Waals surface area contributed by atoms with E-state index in [9.17, 15) is 22.7 Å². The van der Waals surface area contributed by atoms with Crippen molar-refractivity contribution in [1.82, 2.24) is 9.55 Å². The molecule has 0 saturated heterocycles. The highest BCUT2D eigenvalue weighted by Crippen LogP contribution is 2.38. The summed E-state index contributed by atoms with van der Waals surface area (Å²) < 4.78 is 41.9. The Hall–Kier alpha value is -3.52. The van der Waals surface area contributed by atoms with E-state index in [4.69, 9.17) is 0 Å². The first-order valence-electron chi connectivity index (χ1n) is 10.7. The molecular weight excluding hydrogens is 443 g/mol. The zero-order valence-electron chi connectivity index (χ0n) is 17.6. The Balaban J connectivity index is 1.66. The third kappa shape index (κ3) is 3.60. The van der Waals surface area contributed by atoms with Crippen LogP contribution in [0, 0.1) is 5.82 Å². The molecule has 2 aromatic carbocycles. The molecule has 8 heteroatoms. The molecule has 0 fully saturated rings. The van der Waals surface area contributed by atoms with Crippen molar-refractivity contribution in [2.45, 2.75) is 41.6 Å². The molecular formula is C25H21FN2O4S. The monoisotopic (exact) mass is 464 g/mol. The number of carboxylic acid groups (broad SMARTS) is 1. The van der Waals surface area contributed by atoms with Crippen LogP contribution in [-0.2, 0) is 27.5 Å². The SMILES string of the molecule is O=C(O)C1CCCc2c(Cc3cccnc3S(=O)(=O)c3ccc(F)cc3)c3ccccc3n21. The van der Waals surface area contributed by atoms with Crippen molar-refractivity contribution >= 4 is 26.7 Å². The number of hydrogen-bond donors (Lipinski definition) is 1. The summed E-state index contributed by atoms with van der Waals surface area (Å²) in [4.78, 5) is 16.1. The second-order valence-corrected chi connectivity index (χ2v) is 10.0. The molecule has 3 heterocycles. The molecule has 5 rings (SSSR count). The van der Waals surface area contributed by atoms with E-state index >= 15 is 0 Å². The van der Waals surface area contributed by atoms with Gasteiger partial charge in [-0.2, -0.15) is 0 Å². The fraction of sp³-hybridized carbons (Fsp3) is 0.200. The second kappa shape index (κ2) is 8.12. The van der Waals surface area contributed by atoms with Crippen molar-refractivity contribution in [3.8, 4) is 0 Å². The van der Waals surface area contributed by atoms with E-state index < -0.39 is 27.7 Å². The van der Waals surface area contributed by atoms with Crippen LogP contribution in [0.1, 0.15) is 35.7 Å². The number of rotatable bonds is 5. The number of carboxylic acids is 1. The van der Waals surface area contributed by atoms with Gasteiger partial charge in [-0.15, -0.1) is 0 Å². The first-order valence-corrected chi connectivity index (χ1v) is 12.1. The van der Waals surface area contributed by atoms with Gasteiger partial charge in [-0.25, -0.2) is 22.6 Å². The predicted octanol–water partition coefficient (Wildman–Crippen LogP) is 4.56. The average Bonchev–Trinajstić information content (AvgIpc) is 3.13. The van der Waals surface area contributed by atoms with Gasteiger partial charge in [0.05, 0.1) is 4.90 Å². The predicted molar refractivity (Wildman–Crippen MR) is 120 cm³/mol. The summed E-state index contributed by atoms with van der Waals surface area (Å²) in [6.07, 6.45) is 3.73. The van der Waals surface area contributed by atoms with Crippen LogP contribution >= 0.6 is 0 Å². The number of aliphatic carboxylic acids is 1. The van der Waals surface area contributed by atoms with Gasteiger partial charge in [0.25, 0.3) is 0 Å². The fourth-order valence-electron chi connectivity index (χ4n) is 4.75. The third-order valence-electron chi connectivity index (χ3n) is 6.21. The Morgan fingerprint density at radius 3 is 2.61 bits per heavy atom. The number of hydrogen-bond acceptors (Lipinski definition) is 4. The highest BCUT2D eigenvalue weighted by Gasteiger charge is 2.31. The van der Waals surface area contributed by atoms with Crippen molar-refractivity contribution in [2.24, 2.45) is 0 Å². The van der Waals surface area contributed by atoms with Crippen molar-refractivity contribution < 1.29 is 22.7 Å². The first-order chi connectivity index (χ1) is 15.9. The van der Waals surface area contributed by atoms with Crippen molar-refractivity contribution in [2.75, 3.05) is 0 Å². The minimum Gasteiger partial charge on any atom is -0.480 e. The quantitative estimate of drug-likeness (QED) is 0.438. The van der Waals surface area contributed by atoms with Crippen molar-refractivity contribution in [3.63, 3.8) is 0 Å². The van der Waals surface area contributed by atoms with Crippen LogP contribution in [0.4, 0.5) is 4.39 Å². The molecule has 33 heavy (non-hydrogen) atoms. The maximum absolute atomic E-state index is 13.4. The summed E-state index contributed by atoms with van der Waals surface area (Å²) in [5, 5.41) is 10.6. The summed E-state index contributed by atoms with van der Waals surface area (Å²) in [6, 6.07) is 15.1. The zero-order valence-corrected chi connectivity index (χ0v) is 18.4. The van der Waals surface area contributed by atoms with Crippen molar-refractivity contribution in [3.05, 3.63) is 89.5 Å². The standard InChI is InChI=1S/C25H21FN2O4S/c26-17-10-12-18(13-11-17)33(31,32)24-16(5-4-14-27-24)15-20-19-6-1-2-7-21(19)28-22(20)8-3-9-23(28)25(29)30/h1-2,4-7,10-14,23H,3,8-9,15H2,(H,29,30). The number of pyridine rings is 1. The number of halogens is 1. The van der Waals surface area contributed by atoms with Crippen LogP contribution in [0.5, 0.6) is 0 Å². The number of nitrogens with zero attached hydrogens (tertiary/aromatic N) is 2. The van der Waals surface area contributed by atoms with Gasteiger partial charge in [0, 0.05) is 29.2 Å². The number of carbonyl (C=O) groups is 1. The van der Waals surface area contributed by atoms with Gasteiger partial charge >= 0.3 is 5.97 Å². The number of para-hydroxylation sites is 1. The molecule has 0 saturated carbocycles. The van der Waals surface area contributed by atoms with Crippen LogP contribution in [0.15, 0.2) is 76.8 Å². The zero-order chi connectivity index (χ0) is 23.2. The van der Waals surface area contributed by atoms with Crippen molar-refractivity contribution in [1.29, 1.82) is 0 Å². The van der Waals surface area contributed by atoms with Gasteiger partial charge in [0.15, 0.2) is 5.03 Å². The molecule has 0 radical (unpaired) electrons. The van der Waals surface area contributed by atoms with Gasteiger partial charge in [-0.05, 0) is 66.8 Å². The molecule has 6 nitrogen and oxygen atoms in total. The molecule has 1 N–H and O–H groups in total. The molecule has 4 aromatic rings. The molecule has 1 unspecified atom stereocenters. The second-order valence-electron chi connectivity index (χ2n) is 8.16. The van der Waals surface area contributed by atoms with E-state index in [0.29, 0.717) is 24.8 Å². The lowest BCUT2D eigenvalue weighted by atomic mass is 9.97. The van der Waals surface area contributed by atoms with Crippen LogP contribution in [0.3, 0.4) is 0 Å². The molecule has 0 aliphatic carbocycles. The van der Waals surface area contributed by atoms with Gasteiger partial charge in [-0.1, -0.05) is 24.3 Å². The Bertz CT molecular complexity index is 1480. The molecule has 0 spiro atoms. The lowest BCUT2D eigenvalue weighted by Crippen LogP contribution is -2.25. The summed E-state index contributed by atoms with van der Waals surface area (Å²) in [6.45, 7) is 0. The molecule has 0 bridgehead atoms. The molecule has 0 amide bonds. The summed E-state index contributed by atoms with van der Waals surface area (Å²) in [5.41, 5.74) is 3.18. The number of aromatic nitrogens is 2.